The Kier molecular flexibility index (Phi) is 3.67. The fraction of sp³-hybridized carbons (Fsp3) is 0.375. The molecule has 0 aromatic rings. The molecule has 7 heteroatoms. The Morgan fingerprint density at radius 2 is 2.33 bits per heavy atom. The van der Waals surface area contributed by atoms with Gasteiger partial charge in [-0.15, -0.1) is 0 Å². The SMILES string of the molecule is O=C(O)/C=C/C(=O)OC[C@H]1CNC(=O)O1. The van der Waals surface area contributed by atoms with Crippen molar-refractivity contribution in [3.05, 3.63) is 12.2 Å². The maximum atomic E-state index is 10.9. The van der Waals surface area contributed by atoms with Gasteiger partial charge in [-0.2, -0.15) is 0 Å². The first-order valence-corrected chi connectivity index (χ1v) is 4.10. The number of nitrogens with one attached hydrogen (secondary N) is 1. The van der Waals surface area contributed by atoms with Crippen LogP contribution < -0.4 is 5.32 Å². The van der Waals surface area contributed by atoms with E-state index in [1.54, 1.807) is 0 Å². The molecular weight excluding hydrogens is 206 g/mol. The van der Waals surface area contributed by atoms with Crippen LogP contribution in [0.4, 0.5) is 4.79 Å². The summed E-state index contributed by atoms with van der Waals surface area (Å²) in [7, 11) is 0. The molecule has 1 saturated heterocycles. The van der Waals surface area contributed by atoms with E-state index in [0.29, 0.717) is 6.08 Å². The Balaban J connectivity index is 2.22. The molecule has 15 heavy (non-hydrogen) atoms. The normalized spacial score (nSPS) is 19.7. The minimum absolute atomic E-state index is 0.0957. The maximum absolute atomic E-state index is 10.9. The molecule has 1 fully saturated rings. The second-order valence-corrected chi connectivity index (χ2v) is 2.71. The number of cyclic esters (lactones) is 1. The van der Waals surface area contributed by atoms with Crippen molar-refractivity contribution in [3.63, 3.8) is 0 Å². The molecule has 2 N–H and O–H groups in total. The summed E-state index contributed by atoms with van der Waals surface area (Å²) in [4.78, 5) is 31.4. The van der Waals surface area contributed by atoms with Crippen LogP contribution >= 0.6 is 0 Å². The van der Waals surface area contributed by atoms with Gasteiger partial charge in [0.2, 0.25) is 0 Å². The first-order chi connectivity index (χ1) is 7.08. The number of alkyl carbamates (subject to hydrolysis) is 1. The van der Waals surface area contributed by atoms with E-state index in [0.717, 1.165) is 6.08 Å². The van der Waals surface area contributed by atoms with Gasteiger partial charge in [0.25, 0.3) is 0 Å². The van der Waals surface area contributed by atoms with Gasteiger partial charge in [-0.05, 0) is 0 Å². The molecule has 1 heterocycles. The maximum Gasteiger partial charge on any atom is 0.407 e. The van der Waals surface area contributed by atoms with Crippen molar-refractivity contribution in [2.75, 3.05) is 13.2 Å². The summed E-state index contributed by atoms with van der Waals surface area (Å²) in [6.45, 7) is 0.177. The van der Waals surface area contributed by atoms with E-state index in [2.05, 4.69) is 14.8 Å². The van der Waals surface area contributed by atoms with Crippen molar-refractivity contribution < 1.29 is 29.0 Å². The summed E-state index contributed by atoms with van der Waals surface area (Å²) >= 11 is 0. The quantitative estimate of drug-likeness (QED) is 0.474. The van der Waals surface area contributed by atoms with Gasteiger partial charge in [0.05, 0.1) is 6.54 Å². The lowest BCUT2D eigenvalue weighted by Gasteiger charge is -2.06. The molecule has 82 valence electrons. The summed E-state index contributed by atoms with van der Waals surface area (Å²) in [5.41, 5.74) is 0. The van der Waals surface area contributed by atoms with Crippen LogP contribution in [0.5, 0.6) is 0 Å². The Labute approximate surface area is 84.7 Å². The van der Waals surface area contributed by atoms with Crippen LogP contribution in [0.15, 0.2) is 12.2 Å². The average Bonchev–Trinajstić information content (AvgIpc) is 2.58. The number of carboxylic acids is 1. The zero-order valence-electron chi connectivity index (χ0n) is 7.63. The molecule has 1 rings (SSSR count). The number of esters is 1. The van der Waals surface area contributed by atoms with Gasteiger partial charge < -0.3 is 19.9 Å². The third-order valence-electron chi connectivity index (χ3n) is 1.52. The molecule has 1 aliphatic heterocycles. The molecule has 0 bridgehead atoms. The fourth-order valence-electron chi connectivity index (χ4n) is 0.887. The van der Waals surface area contributed by atoms with Crippen molar-refractivity contribution in [3.8, 4) is 0 Å². The van der Waals surface area contributed by atoms with Crippen LogP contribution in [0.25, 0.3) is 0 Å². The summed E-state index contributed by atoms with van der Waals surface area (Å²) in [6, 6.07) is 0. The van der Waals surface area contributed by atoms with Crippen molar-refractivity contribution in [1.82, 2.24) is 5.32 Å². The van der Waals surface area contributed by atoms with Gasteiger partial charge in [0, 0.05) is 12.2 Å². The van der Waals surface area contributed by atoms with Gasteiger partial charge in [0.1, 0.15) is 6.61 Å². The third-order valence-corrected chi connectivity index (χ3v) is 1.52. The van der Waals surface area contributed by atoms with Crippen LogP contribution in [0.1, 0.15) is 0 Å². The highest BCUT2D eigenvalue weighted by molar-refractivity contribution is 5.90. The van der Waals surface area contributed by atoms with E-state index in [9.17, 15) is 14.4 Å². The summed E-state index contributed by atoms with van der Waals surface area (Å²) in [5, 5.41) is 10.6. The standard InChI is InChI=1S/C8H9NO6/c10-6(11)1-2-7(12)14-4-5-3-9-8(13)15-5/h1-2,5H,3-4H2,(H,9,13)(H,10,11)/b2-1+/t5-/m1/s1. The number of carbonyl (C=O) groups excluding carboxylic acids is 2. The highest BCUT2D eigenvalue weighted by atomic mass is 16.6. The Hall–Kier alpha value is -2.05. The van der Waals surface area contributed by atoms with E-state index in [4.69, 9.17) is 5.11 Å². The smallest absolute Gasteiger partial charge is 0.407 e. The first-order valence-electron chi connectivity index (χ1n) is 4.10. The summed E-state index contributed by atoms with van der Waals surface area (Å²) < 4.78 is 9.29. The molecule has 0 aromatic heterocycles. The minimum Gasteiger partial charge on any atom is -0.478 e. The van der Waals surface area contributed by atoms with Gasteiger partial charge >= 0.3 is 18.0 Å². The zero-order valence-corrected chi connectivity index (χ0v) is 7.63. The summed E-state index contributed by atoms with van der Waals surface area (Å²) in [6.07, 6.45) is 0.380. The molecule has 0 radical (unpaired) electrons. The largest absolute Gasteiger partial charge is 0.478 e. The van der Waals surface area contributed by atoms with Crippen LogP contribution in [0.2, 0.25) is 0 Å². The van der Waals surface area contributed by atoms with Crippen molar-refractivity contribution in [2.45, 2.75) is 6.10 Å². The van der Waals surface area contributed by atoms with Crippen molar-refractivity contribution in [2.24, 2.45) is 0 Å². The van der Waals surface area contributed by atoms with E-state index in [1.165, 1.54) is 0 Å². The lowest BCUT2D eigenvalue weighted by atomic mass is 10.4. The highest BCUT2D eigenvalue weighted by Gasteiger charge is 2.23. The first kappa shape index (κ1) is 11.0. The second kappa shape index (κ2) is 4.99. The number of hydrogen-bond acceptors (Lipinski definition) is 5. The second-order valence-electron chi connectivity index (χ2n) is 2.71. The van der Waals surface area contributed by atoms with Gasteiger partial charge in [-0.25, -0.2) is 14.4 Å². The average molecular weight is 215 g/mol. The van der Waals surface area contributed by atoms with Crippen molar-refractivity contribution >= 4 is 18.0 Å². The number of carboxylic acid groups (broad SMARTS) is 1. The van der Waals surface area contributed by atoms with Crippen LogP contribution in [0.3, 0.4) is 0 Å². The fourth-order valence-corrected chi connectivity index (χ4v) is 0.887. The van der Waals surface area contributed by atoms with Gasteiger partial charge in [-0.1, -0.05) is 0 Å². The molecule has 1 aliphatic rings. The Bertz CT molecular complexity index is 310. The lowest BCUT2D eigenvalue weighted by molar-refractivity contribution is -0.140. The summed E-state index contributed by atoms with van der Waals surface area (Å²) in [5.74, 6) is -2.03. The zero-order chi connectivity index (χ0) is 11.3. The number of aliphatic carboxylic acids is 1. The topological polar surface area (TPSA) is 102 Å². The van der Waals surface area contributed by atoms with Crippen molar-refractivity contribution in [1.29, 1.82) is 0 Å². The Morgan fingerprint density at radius 1 is 1.60 bits per heavy atom. The molecule has 0 aliphatic carbocycles. The molecule has 7 nitrogen and oxygen atoms in total. The molecule has 0 saturated carbocycles. The van der Waals surface area contributed by atoms with Crippen LogP contribution in [-0.4, -0.2) is 42.4 Å². The number of ether oxygens (including phenoxy) is 2. The minimum atomic E-state index is -1.24. The van der Waals surface area contributed by atoms with E-state index in [1.807, 2.05) is 0 Å². The molecule has 1 atom stereocenters. The van der Waals surface area contributed by atoms with Crippen LogP contribution in [0, 0.1) is 0 Å². The molecular formula is C8H9NO6. The van der Waals surface area contributed by atoms with E-state index >= 15 is 0 Å². The lowest BCUT2D eigenvalue weighted by Crippen LogP contribution is -2.21. The van der Waals surface area contributed by atoms with Crippen LogP contribution in [-0.2, 0) is 19.1 Å². The number of hydrogen-bond donors (Lipinski definition) is 2. The molecule has 0 spiro atoms. The molecule has 0 aromatic carbocycles. The number of amides is 1. The molecule has 1 amide bonds. The number of rotatable bonds is 4. The third kappa shape index (κ3) is 4.12. The predicted molar refractivity (Wildman–Crippen MR) is 46.0 cm³/mol. The highest BCUT2D eigenvalue weighted by Crippen LogP contribution is 2.00. The molecule has 0 unspecified atom stereocenters. The van der Waals surface area contributed by atoms with E-state index in [-0.39, 0.29) is 13.2 Å². The Morgan fingerprint density at radius 3 is 2.87 bits per heavy atom. The monoisotopic (exact) mass is 215 g/mol. The predicted octanol–water partition coefficient (Wildman–Crippen LogP) is -0.721. The van der Waals surface area contributed by atoms with E-state index < -0.39 is 24.1 Å². The number of carbonyl (C=O) groups is 3. The van der Waals surface area contributed by atoms with Gasteiger partial charge in [0.15, 0.2) is 6.10 Å². The van der Waals surface area contributed by atoms with Gasteiger partial charge in [-0.3, -0.25) is 0 Å².